The zero-order chi connectivity index (χ0) is 12.8. The van der Waals surface area contributed by atoms with Crippen molar-refractivity contribution < 1.29 is 9.53 Å². The highest BCUT2D eigenvalue weighted by Gasteiger charge is 2.32. The van der Waals surface area contributed by atoms with Crippen molar-refractivity contribution in [3.05, 3.63) is 0 Å². The molecule has 0 aromatic heterocycles. The summed E-state index contributed by atoms with van der Waals surface area (Å²) in [6.45, 7) is 0.0879. The smallest absolute Gasteiger partial charge is 0.233 e. The van der Waals surface area contributed by atoms with Gasteiger partial charge in [0.25, 0.3) is 0 Å². The number of hydrogen-bond acceptors (Lipinski definition) is 3. The molecule has 4 nitrogen and oxygen atoms in total. The van der Waals surface area contributed by atoms with E-state index in [1.165, 1.54) is 44.9 Å². The van der Waals surface area contributed by atoms with E-state index < -0.39 is 0 Å². The van der Waals surface area contributed by atoms with E-state index in [1.807, 2.05) is 0 Å². The summed E-state index contributed by atoms with van der Waals surface area (Å²) in [5.41, 5.74) is 5.27. The monoisotopic (exact) mass is 254 g/mol. The molecule has 3 N–H and O–H groups in total. The van der Waals surface area contributed by atoms with E-state index in [1.54, 1.807) is 0 Å². The van der Waals surface area contributed by atoms with Crippen LogP contribution in [0, 0.1) is 0 Å². The van der Waals surface area contributed by atoms with Crippen LogP contribution in [0.4, 0.5) is 0 Å². The second-order valence-electron chi connectivity index (χ2n) is 5.67. The first-order chi connectivity index (χ1) is 8.78. The maximum absolute atomic E-state index is 11.1. The Morgan fingerprint density at radius 3 is 2.28 bits per heavy atom. The molecule has 0 radical (unpaired) electrons. The molecule has 2 aliphatic rings. The second-order valence-corrected chi connectivity index (χ2v) is 5.67. The molecule has 0 aromatic rings. The van der Waals surface area contributed by atoms with E-state index >= 15 is 0 Å². The summed E-state index contributed by atoms with van der Waals surface area (Å²) < 4.78 is 6.13. The van der Waals surface area contributed by atoms with Gasteiger partial charge in [0.05, 0.1) is 18.8 Å². The highest BCUT2D eigenvalue weighted by molar-refractivity contribution is 5.78. The first-order valence-electron chi connectivity index (χ1n) is 7.43. The standard InChI is InChI=1S/C14H26N2O2/c15-10-14(17)16-11-8-13(9-11)18-12-6-4-2-1-3-5-7-12/h11-13H,1-10,15H2,(H,16,17). The van der Waals surface area contributed by atoms with Crippen molar-refractivity contribution in [2.45, 2.75) is 76.0 Å². The minimum Gasteiger partial charge on any atom is -0.375 e. The molecule has 2 fully saturated rings. The maximum Gasteiger partial charge on any atom is 0.233 e. The zero-order valence-electron chi connectivity index (χ0n) is 11.2. The Bertz CT molecular complexity index is 257. The van der Waals surface area contributed by atoms with Crippen LogP contribution in [0.1, 0.15) is 57.8 Å². The van der Waals surface area contributed by atoms with E-state index in [0.29, 0.717) is 18.2 Å². The van der Waals surface area contributed by atoms with Crippen molar-refractivity contribution in [2.24, 2.45) is 5.73 Å². The predicted molar refractivity (Wildman–Crippen MR) is 71.2 cm³/mol. The molecule has 0 atom stereocenters. The Balaban J connectivity index is 1.61. The summed E-state index contributed by atoms with van der Waals surface area (Å²) in [6, 6.07) is 0.291. The molecule has 0 unspecified atom stereocenters. The lowest BCUT2D eigenvalue weighted by atomic mass is 9.88. The lowest BCUT2D eigenvalue weighted by molar-refractivity contribution is -0.123. The van der Waals surface area contributed by atoms with Gasteiger partial charge in [-0.2, -0.15) is 0 Å². The van der Waals surface area contributed by atoms with Crippen molar-refractivity contribution in [3.63, 3.8) is 0 Å². The van der Waals surface area contributed by atoms with Gasteiger partial charge in [0, 0.05) is 6.04 Å². The van der Waals surface area contributed by atoms with Gasteiger partial charge in [-0.15, -0.1) is 0 Å². The number of nitrogens with two attached hydrogens (primary N) is 1. The van der Waals surface area contributed by atoms with Crippen LogP contribution < -0.4 is 11.1 Å². The molecule has 104 valence electrons. The third kappa shape index (κ3) is 4.25. The average molecular weight is 254 g/mol. The molecular weight excluding hydrogens is 228 g/mol. The summed E-state index contributed by atoms with van der Waals surface area (Å²) in [4.78, 5) is 11.1. The summed E-state index contributed by atoms with van der Waals surface area (Å²) in [5.74, 6) is -0.0515. The highest BCUT2D eigenvalue weighted by Crippen LogP contribution is 2.28. The molecule has 0 spiro atoms. The Hall–Kier alpha value is -0.610. The van der Waals surface area contributed by atoms with Gasteiger partial charge in [-0.3, -0.25) is 4.79 Å². The van der Waals surface area contributed by atoms with Gasteiger partial charge < -0.3 is 15.8 Å². The van der Waals surface area contributed by atoms with Crippen LogP contribution in [-0.2, 0) is 9.53 Å². The Morgan fingerprint density at radius 1 is 1.06 bits per heavy atom. The lowest BCUT2D eigenvalue weighted by Crippen LogP contribution is -2.50. The van der Waals surface area contributed by atoms with Crippen LogP contribution in [0.15, 0.2) is 0 Å². The first-order valence-corrected chi connectivity index (χ1v) is 7.43. The van der Waals surface area contributed by atoms with E-state index in [4.69, 9.17) is 10.5 Å². The minimum atomic E-state index is -0.0515. The Kier molecular flexibility index (Phi) is 5.45. The average Bonchev–Trinajstić information content (AvgIpc) is 2.28. The van der Waals surface area contributed by atoms with E-state index in [9.17, 15) is 4.79 Å². The van der Waals surface area contributed by atoms with Gasteiger partial charge in [0.1, 0.15) is 0 Å². The predicted octanol–water partition coefficient (Wildman–Crippen LogP) is 1.72. The van der Waals surface area contributed by atoms with Crippen LogP contribution in [0.3, 0.4) is 0 Å². The fourth-order valence-electron chi connectivity index (χ4n) is 2.91. The Morgan fingerprint density at radius 2 is 1.67 bits per heavy atom. The number of rotatable bonds is 4. The van der Waals surface area contributed by atoms with Gasteiger partial charge in [0.15, 0.2) is 0 Å². The lowest BCUT2D eigenvalue weighted by Gasteiger charge is -2.38. The normalized spacial score (nSPS) is 30.1. The highest BCUT2D eigenvalue weighted by atomic mass is 16.5. The minimum absolute atomic E-state index is 0.0515. The van der Waals surface area contributed by atoms with E-state index in [0.717, 1.165) is 12.8 Å². The molecule has 0 aliphatic heterocycles. The quantitative estimate of drug-likeness (QED) is 0.803. The van der Waals surface area contributed by atoms with Gasteiger partial charge >= 0.3 is 0 Å². The topological polar surface area (TPSA) is 64.4 Å². The van der Waals surface area contributed by atoms with Crippen LogP contribution >= 0.6 is 0 Å². The molecule has 4 heteroatoms. The van der Waals surface area contributed by atoms with Gasteiger partial charge in [-0.25, -0.2) is 0 Å². The fraction of sp³-hybridized carbons (Fsp3) is 0.929. The number of ether oxygens (including phenoxy) is 1. The van der Waals surface area contributed by atoms with Crippen molar-refractivity contribution in [1.29, 1.82) is 0 Å². The SMILES string of the molecule is NCC(=O)NC1CC(OC2CCCCCCC2)C1. The molecule has 2 saturated carbocycles. The molecule has 0 bridgehead atoms. The molecule has 0 aromatic carbocycles. The largest absolute Gasteiger partial charge is 0.375 e. The van der Waals surface area contributed by atoms with Crippen molar-refractivity contribution in [1.82, 2.24) is 5.32 Å². The molecule has 1 amide bonds. The van der Waals surface area contributed by atoms with Crippen LogP contribution in [0.25, 0.3) is 0 Å². The molecule has 2 aliphatic carbocycles. The van der Waals surface area contributed by atoms with E-state index in [2.05, 4.69) is 5.32 Å². The fourth-order valence-corrected chi connectivity index (χ4v) is 2.91. The molecule has 2 rings (SSSR count). The Labute approximate surface area is 110 Å². The van der Waals surface area contributed by atoms with E-state index in [-0.39, 0.29) is 12.5 Å². The third-order valence-electron chi connectivity index (χ3n) is 4.08. The third-order valence-corrected chi connectivity index (χ3v) is 4.08. The van der Waals surface area contributed by atoms with Gasteiger partial charge in [-0.05, 0) is 25.7 Å². The number of amides is 1. The van der Waals surface area contributed by atoms with Crippen LogP contribution in [0.5, 0.6) is 0 Å². The van der Waals surface area contributed by atoms with Crippen LogP contribution in [0.2, 0.25) is 0 Å². The molecule has 0 heterocycles. The first kappa shape index (κ1) is 13.8. The van der Waals surface area contributed by atoms with Crippen molar-refractivity contribution in [3.8, 4) is 0 Å². The number of carbonyl (C=O) groups is 1. The second kappa shape index (κ2) is 7.10. The van der Waals surface area contributed by atoms with Crippen molar-refractivity contribution >= 4 is 5.91 Å². The number of hydrogen-bond donors (Lipinski definition) is 2. The number of nitrogens with one attached hydrogen (secondary N) is 1. The maximum atomic E-state index is 11.1. The summed E-state index contributed by atoms with van der Waals surface area (Å²) in [5, 5.41) is 2.91. The summed E-state index contributed by atoms with van der Waals surface area (Å²) in [7, 11) is 0. The van der Waals surface area contributed by atoms with Crippen LogP contribution in [-0.4, -0.2) is 30.7 Å². The van der Waals surface area contributed by atoms with Gasteiger partial charge in [0.2, 0.25) is 5.91 Å². The number of carbonyl (C=O) groups excluding carboxylic acids is 1. The summed E-state index contributed by atoms with van der Waals surface area (Å²) >= 11 is 0. The summed E-state index contributed by atoms with van der Waals surface area (Å²) in [6.07, 6.45) is 11.9. The van der Waals surface area contributed by atoms with Crippen molar-refractivity contribution in [2.75, 3.05) is 6.54 Å². The molecule has 18 heavy (non-hydrogen) atoms. The van der Waals surface area contributed by atoms with Gasteiger partial charge in [-0.1, -0.05) is 32.1 Å². The molecule has 0 saturated heterocycles. The zero-order valence-corrected chi connectivity index (χ0v) is 11.2. The molecular formula is C14H26N2O2.